The number of benzene rings is 2. The number of carbonyl (C=O) groups excluding carboxylic acids is 1. The second kappa shape index (κ2) is 6.72. The molecule has 0 unspecified atom stereocenters. The molecule has 0 saturated carbocycles. The van der Waals surface area contributed by atoms with Crippen molar-refractivity contribution in [2.45, 2.75) is 6.54 Å². The highest BCUT2D eigenvalue weighted by molar-refractivity contribution is 6.11. The van der Waals surface area contributed by atoms with Gasteiger partial charge in [0.1, 0.15) is 17.1 Å². The molecule has 7 nitrogen and oxygen atoms in total. The molecule has 2 aromatic carbocycles. The van der Waals surface area contributed by atoms with E-state index in [1.165, 1.54) is 6.20 Å². The SMILES string of the molecule is COc1ccc2c(c1)NC(=O)c1cnc(NCc3ccccc3)nc1N2. The number of nitrogens with one attached hydrogen (secondary N) is 3. The number of hydrogen-bond donors (Lipinski definition) is 3. The third-order valence-electron chi connectivity index (χ3n) is 4.05. The lowest BCUT2D eigenvalue weighted by atomic mass is 10.2. The Kier molecular flexibility index (Phi) is 4.10. The van der Waals surface area contributed by atoms with Gasteiger partial charge in [0.2, 0.25) is 5.95 Å². The second-order valence-corrected chi connectivity index (χ2v) is 5.79. The van der Waals surface area contributed by atoms with Crippen molar-refractivity contribution in [1.82, 2.24) is 9.97 Å². The number of rotatable bonds is 4. The van der Waals surface area contributed by atoms with Crippen molar-refractivity contribution in [2.75, 3.05) is 23.1 Å². The Balaban J connectivity index is 1.60. The Bertz CT molecular complexity index is 959. The van der Waals surface area contributed by atoms with Gasteiger partial charge in [-0.25, -0.2) is 4.98 Å². The van der Waals surface area contributed by atoms with Crippen LogP contribution in [0.3, 0.4) is 0 Å². The number of carbonyl (C=O) groups is 1. The van der Waals surface area contributed by atoms with E-state index in [4.69, 9.17) is 4.74 Å². The number of amides is 1. The summed E-state index contributed by atoms with van der Waals surface area (Å²) in [5.41, 5.74) is 2.87. The fraction of sp³-hybridized carbons (Fsp3) is 0.105. The summed E-state index contributed by atoms with van der Waals surface area (Å²) in [6, 6.07) is 15.4. The van der Waals surface area contributed by atoms with Gasteiger partial charge in [-0.2, -0.15) is 4.98 Å². The highest BCUT2D eigenvalue weighted by Crippen LogP contribution is 2.33. The molecule has 4 rings (SSSR count). The van der Waals surface area contributed by atoms with Crippen LogP contribution in [-0.2, 0) is 6.54 Å². The third kappa shape index (κ3) is 3.14. The molecule has 7 heteroatoms. The van der Waals surface area contributed by atoms with Crippen LogP contribution < -0.4 is 20.7 Å². The molecule has 0 aliphatic carbocycles. The first kappa shape index (κ1) is 15.9. The van der Waals surface area contributed by atoms with Crippen LogP contribution in [-0.4, -0.2) is 23.0 Å². The van der Waals surface area contributed by atoms with Gasteiger partial charge in [0.15, 0.2) is 0 Å². The van der Waals surface area contributed by atoms with E-state index in [9.17, 15) is 4.79 Å². The van der Waals surface area contributed by atoms with E-state index >= 15 is 0 Å². The Morgan fingerprint density at radius 3 is 2.73 bits per heavy atom. The standard InChI is InChI=1S/C19H17N5O2/c1-26-13-7-8-15-16(9-13)23-18(25)14-11-21-19(24-17(14)22-15)20-10-12-5-3-2-4-6-12/h2-9,11H,10H2,1H3,(H,23,25)(H2,20,21,22,24). The molecule has 0 bridgehead atoms. The predicted molar refractivity (Wildman–Crippen MR) is 100 cm³/mol. The fourth-order valence-electron chi connectivity index (χ4n) is 2.69. The lowest BCUT2D eigenvalue weighted by Crippen LogP contribution is -2.13. The van der Waals surface area contributed by atoms with Gasteiger partial charge in [-0.15, -0.1) is 0 Å². The molecular formula is C19H17N5O2. The highest BCUT2D eigenvalue weighted by Gasteiger charge is 2.21. The molecule has 1 aromatic heterocycles. The molecule has 1 aliphatic heterocycles. The molecule has 0 atom stereocenters. The molecule has 0 saturated heterocycles. The zero-order chi connectivity index (χ0) is 17.9. The Morgan fingerprint density at radius 1 is 1.08 bits per heavy atom. The molecule has 3 N–H and O–H groups in total. The van der Waals surface area contributed by atoms with E-state index in [2.05, 4.69) is 25.9 Å². The largest absolute Gasteiger partial charge is 0.497 e. The molecule has 0 radical (unpaired) electrons. The highest BCUT2D eigenvalue weighted by atomic mass is 16.5. The van der Waals surface area contributed by atoms with Crippen molar-refractivity contribution < 1.29 is 9.53 Å². The summed E-state index contributed by atoms with van der Waals surface area (Å²) in [5.74, 6) is 1.30. The molecular weight excluding hydrogens is 330 g/mol. The Morgan fingerprint density at radius 2 is 1.92 bits per heavy atom. The maximum absolute atomic E-state index is 12.5. The van der Waals surface area contributed by atoms with E-state index < -0.39 is 0 Å². The third-order valence-corrected chi connectivity index (χ3v) is 4.05. The van der Waals surface area contributed by atoms with E-state index in [0.717, 1.165) is 11.3 Å². The average Bonchev–Trinajstić information content (AvgIpc) is 2.81. The van der Waals surface area contributed by atoms with Crippen molar-refractivity contribution in [3.8, 4) is 5.75 Å². The molecule has 0 spiro atoms. The van der Waals surface area contributed by atoms with Crippen molar-refractivity contribution in [3.63, 3.8) is 0 Å². The maximum Gasteiger partial charge on any atom is 0.261 e. The number of hydrogen-bond acceptors (Lipinski definition) is 6. The van der Waals surface area contributed by atoms with E-state index in [-0.39, 0.29) is 5.91 Å². The van der Waals surface area contributed by atoms with Gasteiger partial charge >= 0.3 is 0 Å². The number of methoxy groups -OCH3 is 1. The van der Waals surface area contributed by atoms with E-state index in [0.29, 0.717) is 35.3 Å². The van der Waals surface area contributed by atoms with Crippen molar-refractivity contribution in [3.05, 3.63) is 65.9 Å². The summed E-state index contributed by atoms with van der Waals surface area (Å²) in [5, 5.41) is 9.22. The normalized spacial score (nSPS) is 12.1. The predicted octanol–water partition coefficient (Wildman–Crippen LogP) is 3.41. The number of fused-ring (bicyclic) bond motifs is 2. The van der Waals surface area contributed by atoms with Crippen LogP contribution >= 0.6 is 0 Å². The van der Waals surface area contributed by atoms with Crippen molar-refractivity contribution in [1.29, 1.82) is 0 Å². The van der Waals surface area contributed by atoms with Crippen molar-refractivity contribution >= 4 is 29.0 Å². The van der Waals surface area contributed by atoms with Gasteiger partial charge in [-0.05, 0) is 17.7 Å². The maximum atomic E-state index is 12.5. The molecule has 0 fully saturated rings. The molecule has 1 aliphatic rings. The lowest BCUT2D eigenvalue weighted by Gasteiger charge is -2.10. The fourth-order valence-corrected chi connectivity index (χ4v) is 2.69. The quantitative estimate of drug-likeness (QED) is 0.670. The first-order chi connectivity index (χ1) is 12.7. The van der Waals surface area contributed by atoms with Gasteiger partial charge in [-0.1, -0.05) is 30.3 Å². The van der Waals surface area contributed by atoms with Crippen molar-refractivity contribution in [2.24, 2.45) is 0 Å². The molecule has 130 valence electrons. The first-order valence-electron chi connectivity index (χ1n) is 8.14. The molecule has 2 heterocycles. The minimum atomic E-state index is -0.269. The van der Waals surface area contributed by atoms with Crippen LogP contribution in [0.2, 0.25) is 0 Å². The zero-order valence-corrected chi connectivity index (χ0v) is 14.1. The number of ether oxygens (including phenoxy) is 1. The monoisotopic (exact) mass is 347 g/mol. The van der Waals surface area contributed by atoms with Crippen LogP contribution in [0, 0.1) is 0 Å². The van der Waals surface area contributed by atoms with Crippen LogP contribution in [0.1, 0.15) is 15.9 Å². The summed E-state index contributed by atoms with van der Waals surface area (Å²) in [4.78, 5) is 21.2. The summed E-state index contributed by atoms with van der Waals surface area (Å²) >= 11 is 0. The smallest absolute Gasteiger partial charge is 0.261 e. The number of nitrogens with zero attached hydrogens (tertiary/aromatic N) is 2. The first-order valence-corrected chi connectivity index (χ1v) is 8.14. The van der Waals surface area contributed by atoms with E-state index in [1.54, 1.807) is 13.2 Å². The Labute approximate surface area is 150 Å². The minimum absolute atomic E-state index is 0.269. The molecule has 26 heavy (non-hydrogen) atoms. The minimum Gasteiger partial charge on any atom is -0.497 e. The van der Waals surface area contributed by atoms with Crippen LogP contribution in [0.15, 0.2) is 54.7 Å². The zero-order valence-electron chi connectivity index (χ0n) is 14.1. The number of aromatic nitrogens is 2. The summed E-state index contributed by atoms with van der Waals surface area (Å²) < 4.78 is 5.21. The van der Waals surface area contributed by atoms with Gasteiger partial charge in [0.25, 0.3) is 5.91 Å². The number of anilines is 4. The van der Waals surface area contributed by atoms with Gasteiger partial charge in [-0.3, -0.25) is 4.79 Å². The summed E-state index contributed by atoms with van der Waals surface area (Å²) in [6.45, 7) is 0.597. The van der Waals surface area contributed by atoms with Gasteiger partial charge in [0.05, 0.1) is 18.5 Å². The van der Waals surface area contributed by atoms with E-state index in [1.807, 2.05) is 42.5 Å². The lowest BCUT2D eigenvalue weighted by molar-refractivity contribution is 0.102. The topological polar surface area (TPSA) is 88.2 Å². The average molecular weight is 347 g/mol. The molecule has 3 aromatic rings. The van der Waals surface area contributed by atoms with Gasteiger partial charge < -0.3 is 20.7 Å². The summed E-state index contributed by atoms with van der Waals surface area (Å²) in [7, 11) is 1.58. The second-order valence-electron chi connectivity index (χ2n) is 5.79. The van der Waals surface area contributed by atoms with Crippen LogP contribution in [0.5, 0.6) is 5.75 Å². The van der Waals surface area contributed by atoms with Crippen LogP contribution in [0.4, 0.5) is 23.1 Å². The van der Waals surface area contributed by atoms with Gasteiger partial charge in [0, 0.05) is 18.8 Å². The Hall–Kier alpha value is -3.61. The molecule has 1 amide bonds. The summed E-state index contributed by atoms with van der Waals surface area (Å²) in [6.07, 6.45) is 1.51. The van der Waals surface area contributed by atoms with Crippen LogP contribution in [0.25, 0.3) is 0 Å².